The molecule has 0 rings (SSSR count). The molecule has 6 nitrogen and oxygen atoms in total. The Bertz CT molecular complexity index is 879. The summed E-state index contributed by atoms with van der Waals surface area (Å²) in [5, 5.41) is 0. The predicted octanol–water partition coefficient (Wildman–Crippen LogP) is 7.13. The summed E-state index contributed by atoms with van der Waals surface area (Å²) < 4.78 is 129. The molecule has 0 bridgehead atoms. The van der Waals surface area contributed by atoms with Gasteiger partial charge in [0.15, 0.2) is 0 Å². The average Bonchev–Trinajstić information content (AvgIpc) is 2.78. The molecule has 1 unspecified atom stereocenters. The Balaban J connectivity index is 4.67. The standard InChI is InChI=1S/C25H37F9O6/c1-8-20(5,6)15-21(7,19(2,3)4)18(37)40-14-13-39-17(36)10-9-16(35)38-12-11-22(26,27)23(28,29)24(30,31)25(32,33)34/h8-15H2,1-7H3. The van der Waals surface area contributed by atoms with E-state index < -0.39 is 78.6 Å². The summed E-state index contributed by atoms with van der Waals surface area (Å²) in [4.78, 5) is 36.2. The molecule has 0 aromatic rings. The van der Waals surface area contributed by atoms with Gasteiger partial charge in [-0.05, 0) is 24.2 Å². The summed E-state index contributed by atoms with van der Waals surface area (Å²) in [5.74, 6) is -22.6. The summed E-state index contributed by atoms with van der Waals surface area (Å²) in [6.45, 7) is 11.2. The molecule has 0 aliphatic rings. The van der Waals surface area contributed by atoms with E-state index in [0.717, 1.165) is 6.42 Å². The second kappa shape index (κ2) is 13.2. The van der Waals surface area contributed by atoms with Gasteiger partial charge in [-0.2, -0.15) is 39.5 Å². The van der Waals surface area contributed by atoms with Crippen molar-refractivity contribution in [3.8, 4) is 0 Å². The van der Waals surface area contributed by atoms with E-state index in [4.69, 9.17) is 9.47 Å². The third-order valence-corrected chi connectivity index (χ3v) is 6.90. The topological polar surface area (TPSA) is 78.9 Å². The molecule has 236 valence electrons. The summed E-state index contributed by atoms with van der Waals surface area (Å²) >= 11 is 0. The van der Waals surface area contributed by atoms with Crippen LogP contribution in [-0.2, 0) is 28.6 Å². The fourth-order valence-corrected chi connectivity index (χ4v) is 3.38. The van der Waals surface area contributed by atoms with Crippen LogP contribution in [0.25, 0.3) is 0 Å². The molecule has 0 aliphatic carbocycles. The number of esters is 3. The van der Waals surface area contributed by atoms with Crippen LogP contribution in [0.5, 0.6) is 0 Å². The van der Waals surface area contributed by atoms with Crippen LogP contribution in [-0.4, -0.2) is 61.7 Å². The van der Waals surface area contributed by atoms with Gasteiger partial charge in [-0.25, -0.2) is 0 Å². The van der Waals surface area contributed by atoms with Crippen LogP contribution in [0.3, 0.4) is 0 Å². The van der Waals surface area contributed by atoms with Gasteiger partial charge < -0.3 is 14.2 Å². The molecule has 0 radical (unpaired) electrons. The van der Waals surface area contributed by atoms with E-state index in [0.29, 0.717) is 6.42 Å². The van der Waals surface area contributed by atoms with Gasteiger partial charge in [0.25, 0.3) is 0 Å². The molecule has 0 saturated heterocycles. The van der Waals surface area contributed by atoms with Crippen molar-refractivity contribution in [3.63, 3.8) is 0 Å². The van der Waals surface area contributed by atoms with E-state index >= 15 is 0 Å². The summed E-state index contributed by atoms with van der Waals surface area (Å²) in [6.07, 6.45) is -9.42. The van der Waals surface area contributed by atoms with Gasteiger partial charge >= 0.3 is 41.9 Å². The second-order valence-electron chi connectivity index (χ2n) is 11.5. The van der Waals surface area contributed by atoms with Crippen LogP contribution in [0.2, 0.25) is 0 Å². The highest BCUT2D eigenvalue weighted by atomic mass is 19.4. The summed E-state index contributed by atoms with van der Waals surface area (Å²) in [7, 11) is 0. The molecule has 0 saturated carbocycles. The Morgan fingerprint density at radius 3 is 1.45 bits per heavy atom. The van der Waals surface area contributed by atoms with Gasteiger partial charge in [0.1, 0.15) is 13.2 Å². The lowest BCUT2D eigenvalue weighted by Crippen LogP contribution is -2.61. The predicted molar refractivity (Wildman–Crippen MR) is 124 cm³/mol. The maximum Gasteiger partial charge on any atom is 0.460 e. The van der Waals surface area contributed by atoms with Crippen LogP contribution >= 0.6 is 0 Å². The molecule has 0 aromatic heterocycles. The Morgan fingerprint density at radius 1 is 0.625 bits per heavy atom. The zero-order chi connectivity index (χ0) is 32.0. The van der Waals surface area contributed by atoms with Crippen molar-refractivity contribution in [2.24, 2.45) is 16.2 Å². The van der Waals surface area contributed by atoms with E-state index in [1.165, 1.54) is 0 Å². The number of carbonyl (C=O) groups is 3. The third-order valence-electron chi connectivity index (χ3n) is 6.90. The summed E-state index contributed by atoms with van der Waals surface area (Å²) in [5.41, 5.74) is -1.50. The maximum atomic E-state index is 13.4. The van der Waals surface area contributed by atoms with Crippen molar-refractivity contribution in [1.29, 1.82) is 0 Å². The van der Waals surface area contributed by atoms with Gasteiger partial charge in [0.2, 0.25) is 0 Å². The molecule has 0 aliphatic heterocycles. The SMILES string of the molecule is CCC(C)(C)CC(C)(C(=O)OCCOC(=O)CCC(=O)OCCC(F)(F)C(F)(F)C(F)(F)C(F)(F)F)C(C)(C)C. The van der Waals surface area contributed by atoms with Crippen LogP contribution in [0.1, 0.15) is 80.6 Å². The minimum absolute atomic E-state index is 0.160. The highest BCUT2D eigenvalue weighted by Gasteiger charge is 2.81. The summed E-state index contributed by atoms with van der Waals surface area (Å²) in [6, 6.07) is 0. The fraction of sp³-hybridized carbons (Fsp3) is 0.880. The van der Waals surface area contributed by atoms with Gasteiger partial charge in [0.05, 0.1) is 31.3 Å². The van der Waals surface area contributed by atoms with E-state index in [2.05, 4.69) is 4.74 Å². The van der Waals surface area contributed by atoms with E-state index in [1.54, 1.807) is 6.92 Å². The van der Waals surface area contributed by atoms with Gasteiger partial charge in [-0.3, -0.25) is 14.4 Å². The molecule has 0 amide bonds. The fourth-order valence-electron chi connectivity index (χ4n) is 3.38. The van der Waals surface area contributed by atoms with Crippen molar-refractivity contribution in [2.45, 2.75) is 105 Å². The normalized spacial score (nSPS) is 15.3. The molecule has 0 spiro atoms. The zero-order valence-electron chi connectivity index (χ0n) is 23.5. The molecule has 0 fully saturated rings. The van der Waals surface area contributed by atoms with Gasteiger partial charge in [-0.15, -0.1) is 0 Å². The van der Waals surface area contributed by atoms with Crippen LogP contribution in [0, 0.1) is 16.2 Å². The lowest BCUT2D eigenvalue weighted by atomic mass is 9.60. The molecular weight excluding hydrogens is 567 g/mol. The minimum Gasteiger partial charge on any atom is -0.465 e. The van der Waals surface area contributed by atoms with Crippen LogP contribution < -0.4 is 0 Å². The first-order valence-corrected chi connectivity index (χ1v) is 12.4. The smallest absolute Gasteiger partial charge is 0.460 e. The lowest BCUT2D eigenvalue weighted by molar-refractivity contribution is -0.397. The minimum atomic E-state index is -7.04. The van der Waals surface area contributed by atoms with Crippen molar-refractivity contribution in [1.82, 2.24) is 0 Å². The molecule has 40 heavy (non-hydrogen) atoms. The van der Waals surface area contributed by atoms with Crippen molar-refractivity contribution < 1.29 is 68.1 Å². The van der Waals surface area contributed by atoms with E-state index in [1.807, 2.05) is 41.5 Å². The molecule has 0 heterocycles. The average molecular weight is 605 g/mol. The quantitative estimate of drug-likeness (QED) is 0.0857. The Labute approximate surface area is 227 Å². The van der Waals surface area contributed by atoms with Crippen molar-refractivity contribution in [3.05, 3.63) is 0 Å². The zero-order valence-corrected chi connectivity index (χ0v) is 23.5. The number of hydrogen-bond donors (Lipinski definition) is 0. The second-order valence-corrected chi connectivity index (χ2v) is 11.5. The molecule has 15 heteroatoms. The highest BCUT2D eigenvalue weighted by Crippen LogP contribution is 2.54. The molecule has 0 aromatic carbocycles. The van der Waals surface area contributed by atoms with Crippen molar-refractivity contribution >= 4 is 17.9 Å². The van der Waals surface area contributed by atoms with Crippen molar-refractivity contribution in [2.75, 3.05) is 19.8 Å². The number of halogens is 9. The highest BCUT2D eigenvalue weighted by molar-refractivity contribution is 5.78. The van der Waals surface area contributed by atoms with E-state index in [9.17, 15) is 53.9 Å². The number of alkyl halides is 9. The number of hydrogen-bond acceptors (Lipinski definition) is 6. The molecular formula is C25H37F9O6. The first-order valence-electron chi connectivity index (χ1n) is 12.4. The lowest BCUT2D eigenvalue weighted by Gasteiger charge is -2.44. The molecule has 0 N–H and O–H groups in total. The Hall–Kier alpha value is -2.22. The molecule has 1 atom stereocenters. The number of ether oxygens (including phenoxy) is 3. The van der Waals surface area contributed by atoms with E-state index in [-0.39, 0.29) is 18.6 Å². The largest absolute Gasteiger partial charge is 0.465 e. The number of rotatable bonds is 15. The van der Waals surface area contributed by atoms with Crippen LogP contribution in [0.15, 0.2) is 0 Å². The number of carbonyl (C=O) groups excluding carboxylic acids is 3. The van der Waals surface area contributed by atoms with Crippen LogP contribution in [0.4, 0.5) is 39.5 Å². The monoisotopic (exact) mass is 604 g/mol. The third kappa shape index (κ3) is 9.42. The maximum absolute atomic E-state index is 13.4. The first-order chi connectivity index (χ1) is 17.7. The Morgan fingerprint density at radius 2 is 1.05 bits per heavy atom. The van der Waals surface area contributed by atoms with Gasteiger partial charge in [-0.1, -0.05) is 48.0 Å². The van der Waals surface area contributed by atoms with Gasteiger partial charge in [0, 0.05) is 0 Å². The Kier molecular flexibility index (Phi) is 12.4. The first kappa shape index (κ1) is 37.8.